The molecule has 2 N–H and O–H groups in total. The number of rotatable bonds is 6. The third-order valence-electron chi connectivity index (χ3n) is 4.51. The van der Waals surface area contributed by atoms with E-state index in [0.717, 1.165) is 42.1 Å². The first-order valence-corrected chi connectivity index (χ1v) is 10.7. The van der Waals surface area contributed by atoms with Crippen molar-refractivity contribution in [2.24, 2.45) is 0 Å². The second-order valence-electron chi connectivity index (χ2n) is 6.32. The highest BCUT2D eigenvalue weighted by molar-refractivity contribution is 7.98. The number of piperazine rings is 1. The molecule has 0 bridgehead atoms. The predicted octanol–water partition coefficient (Wildman–Crippen LogP) is 1.85. The predicted molar refractivity (Wildman–Crippen MR) is 105 cm³/mol. The Morgan fingerprint density at radius 3 is 2.80 bits per heavy atom. The number of aromatic amines is 1. The molecule has 2 aromatic heterocycles. The van der Waals surface area contributed by atoms with E-state index in [0.29, 0.717) is 12.1 Å². The Morgan fingerprint density at radius 1 is 1.36 bits per heavy atom. The van der Waals surface area contributed by atoms with Crippen LogP contribution in [0, 0.1) is 0 Å². The lowest BCUT2D eigenvalue weighted by Crippen LogP contribution is -2.54. The molecule has 1 saturated heterocycles. The molecule has 1 aliphatic heterocycles. The van der Waals surface area contributed by atoms with Crippen molar-refractivity contribution in [3.63, 3.8) is 0 Å². The molecule has 0 aliphatic carbocycles. The van der Waals surface area contributed by atoms with Gasteiger partial charge in [-0.15, -0.1) is 11.3 Å². The highest BCUT2D eigenvalue weighted by Gasteiger charge is 2.28. The van der Waals surface area contributed by atoms with Gasteiger partial charge in [-0.2, -0.15) is 11.8 Å². The molecule has 0 saturated carbocycles. The van der Waals surface area contributed by atoms with Gasteiger partial charge in [-0.25, -0.2) is 0 Å². The number of likely N-dealkylation sites (N-methyl/N-ethyl adjacent to an activating group) is 1. The molecule has 1 aliphatic rings. The summed E-state index contributed by atoms with van der Waals surface area (Å²) >= 11 is 3.28. The SMILES string of the molecule is CSCCC(NC(=O)c1cc2sccc2[nH]1)C(=O)N1CCN(C)CC1. The maximum atomic E-state index is 12.9. The van der Waals surface area contributed by atoms with Gasteiger partial charge in [0.1, 0.15) is 11.7 Å². The molecule has 1 atom stereocenters. The Balaban J connectivity index is 1.67. The highest BCUT2D eigenvalue weighted by atomic mass is 32.2. The zero-order valence-electron chi connectivity index (χ0n) is 14.6. The van der Waals surface area contributed by atoms with Crippen LogP contribution in [0.5, 0.6) is 0 Å². The van der Waals surface area contributed by atoms with Crippen LogP contribution < -0.4 is 5.32 Å². The summed E-state index contributed by atoms with van der Waals surface area (Å²) in [5.41, 5.74) is 1.48. The summed E-state index contributed by atoms with van der Waals surface area (Å²) < 4.78 is 1.05. The van der Waals surface area contributed by atoms with E-state index in [-0.39, 0.29) is 11.8 Å². The van der Waals surface area contributed by atoms with Gasteiger partial charge in [-0.1, -0.05) is 0 Å². The van der Waals surface area contributed by atoms with Crippen molar-refractivity contribution in [3.05, 3.63) is 23.2 Å². The minimum absolute atomic E-state index is 0.0314. The zero-order valence-corrected chi connectivity index (χ0v) is 16.2. The standard InChI is InChI=1S/C17H24N4O2S2/c1-20-5-7-21(8-6-20)17(23)13(3-9-24-2)19-16(22)14-11-15-12(18-14)4-10-25-15/h4,10-11,13,18H,3,5-9H2,1-2H3,(H,19,22). The lowest BCUT2D eigenvalue weighted by molar-refractivity contribution is -0.134. The molecule has 0 aromatic carbocycles. The number of nitrogens with zero attached hydrogens (tertiary/aromatic N) is 2. The fourth-order valence-electron chi connectivity index (χ4n) is 2.95. The Labute approximate surface area is 155 Å². The van der Waals surface area contributed by atoms with Crippen LogP contribution in [0.1, 0.15) is 16.9 Å². The molecule has 0 spiro atoms. The molecule has 25 heavy (non-hydrogen) atoms. The minimum atomic E-state index is -0.468. The van der Waals surface area contributed by atoms with Gasteiger partial charge in [0.2, 0.25) is 5.91 Å². The smallest absolute Gasteiger partial charge is 0.268 e. The molecule has 6 nitrogen and oxygen atoms in total. The number of hydrogen-bond donors (Lipinski definition) is 2. The number of thioether (sulfide) groups is 1. The normalized spacial score (nSPS) is 17.0. The van der Waals surface area contributed by atoms with Crippen LogP contribution >= 0.6 is 23.1 Å². The van der Waals surface area contributed by atoms with E-state index in [1.165, 1.54) is 0 Å². The molecule has 2 aromatic rings. The lowest BCUT2D eigenvalue weighted by Gasteiger charge is -2.34. The van der Waals surface area contributed by atoms with Gasteiger partial charge in [0.15, 0.2) is 0 Å². The summed E-state index contributed by atoms with van der Waals surface area (Å²) in [6.07, 6.45) is 2.66. The fraction of sp³-hybridized carbons (Fsp3) is 0.529. The van der Waals surface area contributed by atoms with Crippen LogP contribution in [0.15, 0.2) is 17.5 Å². The quantitative estimate of drug-likeness (QED) is 0.803. The number of carbonyl (C=O) groups excluding carboxylic acids is 2. The Morgan fingerprint density at radius 2 is 2.12 bits per heavy atom. The van der Waals surface area contributed by atoms with E-state index >= 15 is 0 Å². The lowest BCUT2D eigenvalue weighted by atomic mass is 10.1. The van der Waals surface area contributed by atoms with E-state index in [1.807, 2.05) is 28.7 Å². The number of carbonyl (C=O) groups is 2. The molecule has 0 radical (unpaired) electrons. The molecule has 1 fully saturated rings. The molecule has 3 rings (SSSR count). The van der Waals surface area contributed by atoms with Crippen molar-refractivity contribution < 1.29 is 9.59 Å². The van der Waals surface area contributed by atoms with Gasteiger partial charge in [0.25, 0.3) is 5.91 Å². The summed E-state index contributed by atoms with van der Waals surface area (Å²) in [5, 5.41) is 4.93. The average molecular weight is 381 g/mol. The van der Waals surface area contributed by atoms with Crippen LogP contribution in [0.2, 0.25) is 0 Å². The van der Waals surface area contributed by atoms with Gasteiger partial charge < -0.3 is 20.1 Å². The number of amides is 2. The first-order chi connectivity index (χ1) is 12.1. The summed E-state index contributed by atoms with van der Waals surface area (Å²) in [5.74, 6) is 0.658. The molecule has 1 unspecified atom stereocenters. The summed E-state index contributed by atoms with van der Waals surface area (Å²) in [7, 11) is 2.06. The molecule has 136 valence electrons. The maximum Gasteiger partial charge on any atom is 0.268 e. The number of aromatic nitrogens is 1. The molecule has 3 heterocycles. The van der Waals surface area contributed by atoms with Crippen molar-refractivity contribution in [2.75, 3.05) is 45.2 Å². The second kappa shape index (κ2) is 8.25. The van der Waals surface area contributed by atoms with Crippen molar-refractivity contribution in [2.45, 2.75) is 12.5 Å². The summed E-state index contributed by atoms with van der Waals surface area (Å²) in [4.78, 5) is 32.7. The second-order valence-corrected chi connectivity index (χ2v) is 8.25. The van der Waals surface area contributed by atoms with E-state index < -0.39 is 6.04 Å². The Kier molecular flexibility index (Phi) is 6.03. The van der Waals surface area contributed by atoms with E-state index in [9.17, 15) is 9.59 Å². The average Bonchev–Trinajstić information content (AvgIpc) is 3.20. The van der Waals surface area contributed by atoms with Crippen LogP contribution in [0.3, 0.4) is 0 Å². The maximum absolute atomic E-state index is 12.9. The fourth-order valence-corrected chi connectivity index (χ4v) is 4.20. The largest absolute Gasteiger partial charge is 0.350 e. The minimum Gasteiger partial charge on any atom is -0.350 e. The van der Waals surface area contributed by atoms with E-state index in [2.05, 4.69) is 22.2 Å². The van der Waals surface area contributed by atoms with Crippen LogP contribution in [0.4, 0.5) is 0 Å². The summed E-state index contributed by atoms with van der Waals surface area (Å²) in [6, 6.07) is 3.34. The molecular weight excluding hydrogens is 356 g/mol. The van der Waals surface area contributed by atoms with Crippen LogP contribution in [-0.4, -0.2) is 77.9 Å². The van der Waals surface area contributed by atoms with Gasteiger partial charge in [0.05, 0.1) is 10.2 Å². The molecular formula is C17H24N4O2S2. The topological polar surface area (TPSA) is 68.4 Å². The number of H-pyrrole nitrogens is 1. The first-order valence-electron chi connectivity index (χ1n) is 8.42. The van der Waals surface area contributed by atoms with Crippen molar-refractivity contribution in [1.29, 1.82) is 0 Å². The van der Waals surface area contributed by atoms with Gasteiger partial charge >= 0.3 is 0 Å². The summed E-state index contributed by atoms with van der Waals surface area (Å²) in [6.45, 7) is 3.20. The first kappa shape index (κ1) is 18.3. The number of fused-ring (bicyclic) bond motifs is 1. The Hall–Kier alpha value is -1.51. The molecule has 8 heteroatoms. The molecule has 2 amide bonds. The number of thiophene rings is 1. The van der Waals surface area contributed by atoms with Gasteiger partial charge in [-0.3, -0.25) is 9.59 Å². The highest BCUT2D eigenvalue weighted by Crippen LogP contribution is 2.21. The third kappa shape index (κ3) is 4.37. The van der Waals surface area contributed by atoms with Crippen LogP contribution in [-0.2, 0) is 4.79 Å². The van der Waals surface area contributed by atoms with Crippen molar-refractivity contribution in [3.8, 4) is 0 Å². The number of nitrogens with one attached hydrogen (secondary N) is 2. The van der Waals surface area contributed by atoms with E-state index in [1.54, 1.807) is 23.1 Å². The van der Waals surface area contributed by atoms with E-state index in [4.69, 9.17) is 0 Å². The van der Waals surface area contributed by atoms with Crippen molar-refractivity contribution in [1.82, 2.24) is 20.1 Å². The number of hydrogen-bond acceptors (Lipinski definition) is 5. The van der Waals surface area contributed by atoms with Crippen molar-refractivity contribution >= 4 is 45.1 Å². The van der Waals surface area contributed by atoms with Gasteiger partial charge in [-0.05, 0) is 43.0 Å². The Bertz CT molecular complexity index is 705. The zero-order chi connectivity index (χ0) is 17.8. The third-order valence-corrected chi connectivity index (χ3v) is 6.02. The monoisotopic (exact) mass is 380 g/mol. The van der Waals surface area contributed by atoms with Crippen LogP contribution in [0.25, 0.3) is 10.2 Å². The van der Waals surface area contributed by atoms with Gasteiger partial charge in [0, 0.05) is 26.2 Å².